The van der Waals surface area contributed by atoms with Crippen molar-refractivity contribution in [2.24, 2.45) is 0 Å². The van der Waals surface area contributed by atoms with Gasteiger partial charge in [-0.3, -0.25) is 9.78 Å². The fraction of sp³-hybridized carbons (Fsp3) is 0.571. The third-order valence-corrected chi connectivity index (χ3v) is 3.46. The number of hydrogen-bond donors (Lipinski definition) is 1. The summed E-state index contributed by atoms with van der Waals surface area (Å²) in [7, 11) is 1.90. The highest BCUT2D eigenvalue weighted by Crippen LogP contribution is 2.08. The summed E-state index contributed by atoms with van der Waals surface area (Å²) in [6, 6.07) is 4.41. The lowest BCUT2D eigenvalue weighted by Gasteiger charge is -2.21. The van der Waals surface area contributed by atoms with Gasteiger partial charge >= 0.3 is 0 Å². The number of nitrogens with one attached hydrogen (secondary N) is 1. The summed E-state index contributed by atoms with van der Waals surface area (Å²) < 4.78 is 0. The summed E-state index contributed by atoms with van der Waals surface area (Å²) >= 11 is 0. The maximum absolute atomic E-state index is 12.0. The van der Waals surface area contributed by atoms with Gasteiger partial charge in [-0.05, 0) is 43.5 Å². The van der Waals surface area contributed by atoms with E-state index in [0.29, 0.717) is 12.5 Å². The Balaban J connectivity index is 1.73. The van der Waals surface area contributed by atoms with E-state index in [0.717, 1.165) is 19.5 Å². The van der Waals surface area contributed by atoms with E-state index in [1.165, 1.54) is 18.4 Å². The molecule has 0 radical (unpaired) electrons. The number of nitrogens with zero attached hydrogens (tertiary/aromatic N) is 2. The second-order valence-electron chi connectivity index (χ2n) is 4.92. The molecule has 0 saturated carbocycles. The van der Waals surface area contributed by atoms with Crippen LogP contribution < -0.4 is 5.32 Å². The Hall–Kier alpha value is -1.42. The molecule has 0 aromatic carbocycles. The van der Waals surface area contributed by atoms with E-state index in [9.17, 15) is 4.79 Å². The van der Waals surface area contributed by atoms with Crippen LogP contribution in [0.2, 0.25) is 0 Å². The van der Waals surface area contributed by atoms with Crippen molar-refractivity contribution in [3.8, 4) is 0 Å². The molecule has 1 saturated heterocycles. The number of likely N-dealkylation sites (N-methyl/N-ethyl adjacent to an activating group) is 1. The van der Waals surface area contributed by atoms with Gasteiger partial charge in [0.05, 0.1) is 0 Å². The molecule has 1 aromatic heterocycles. The molecule has 1 aliphatic heterocycles. The Morgan fingerprint density at radius 1 is 1.50 bits per heavy atom. The molecule has 0 bridgehead atoms. The van der Waals surface area contributed by atoms with Gasteiger partial charge in [-0.25, -0.2) is 0 Å². The highest BCUT2D eigenvalue weighted by molar-refractivity contribution is 5.76. The summed E-state index contributed by atoms with van der Waals surface area (Å²) in [5.74, 6) is 0.223. The number of carbonyl (C=O) groups excluding carboxylic acids is 1. The van der Waals surface area contributed by atoms with Crippen molar-refractivity contribution in [1.82, 2.24) is 15.2 Å². The zero-order valence-electron chi connectivity index (χ0n) is 10.9. The summed E-state index contributed by atoms with van der Waals surface area (Å²) in [6.45, 7) is 1.92. The van der Waals surface area contributed by atoms with Crippen LogP contribution in [-0.4, -0.2) is 42.0 Å². The standard InChI is InChI=1S/C14H21N3O/c1-17(11-13-3-2-8-16-13)14(18)5-4-12-6-9-15-10-7-12/h6-7,9-10,13,16H,2-5,8,11H2,1H3. The number of hydrogen-bond acceptors (Lipinski definition) is 3. The fourth-order valence-electron chi connectivity index (χ4n) is 2.34. The van der Waals surface area contributed by atoms with Crippen LogP contribution in [0.5, 0.6) is 0 Å². The van der Waals surface area contributed by atoms with Crippen LogP contribution in [0.15, 0.2) is 24.5 Å². The topological polar surface area (TPSA) is 45.2 Å². The molecule has 1 unspecified atom stereocenters. The molecule has 1 aliphatic rings. The Morgan fingerprint density at radius 2 is 2.28 bits per heavy atom. The van der Waals surface area contributed by atoms with Crippen LogP contribution in [0, 0.1) is 0 Å². The van der Waals surface area contributed by atoms with Crippen LogP contribution in [0.4, 0.5) is 0 Å². The van der Waals surface area contributed by atoms with Gasteiger partial charge in [0.2, 0.25) is 5.91 Å². The molecular formula is C14H21N3O. The minimum atomic E-state index is 0.223. The largest absolute Gasteiger partial charge is 0.344 e. The second-order valence-corrected chi connectivity index (χ2v) is 4.92. The van der Waals surface area contributed by atoms with Crippen molar-refractivity contribution in [2.75, 3.05) is 20.1 Å². The molecule has 1 N–H and O–H groups in total. The molecule has 1 aromatic rings. The first-order valence-corrected chi connectivity index (χ1v) is 6.62. The lowest BCUT2D eigenvalue weighted by molar-refractivity contribution is -0.130. The molecule has 2 rings (SSSR count). The van der Waals surface area contributed by atoms with E-state index in [2.05, 4.69) is 10.3 Å². The van der Waals surface area contributed by atoms with Crippen LogP contribution in [0.25, 0.3) is 0 Å². The van der Waals surface area contributed by atoms with Crippen molar-refractivity contribution in [1.29, 1.82) is 0 Å². The number of aromatic nitrogens is 1. The van der Waals surface area contributed by atoms with Gasteiger partial charge in [0, 0.05) is 38.4 Å². The van der Waals surface area contributed by atoms with Gasteiger partial charge in [-0.15, -0.1) is 0 Å². The Morgan fingerprint density at radius 3 is 2.94 bits per heavy atom. The lowest BCUT2D eigenvalue weighted by atomic mass is 10.1. The van der Waals surface area contributed by atoms with E-state index in [1.54, 1.807) is 12.4 Å². The number of rotatable bonds is 5. The summed E-state index contributed by atoms with van der Waals surface area (Å²) in [4.78, 5) is 17.8. The summed E-state index contributed by atoms with van der Waals surface area (Å²) in [5, 5.41) is 3.41. The minimum Gasteiger partial charge on any atom is -0.344 e. The third-order valence-electron chi connectivity index (χ3n) is 3.46. The zero-order chi connectivity index (χ0) is 12.8. The first-order chi connectivity index (χ1) is 8.75. The third kappa shape index (κ3) is 3.81. The van der Waals surface area contributed by atoms with Crippen LogP contribution in [-0.2, 0) is 11.2 Å². The van der Waals surface area contributed by atoms with Crippen LogP contribution >= 0.6 is 0 Å². The molecule has 4 heteroatoms. The van der Waals surface area contributed by atoms with Crippen LogP contribution in [0.1, 0.15) is 24.8 Å². The first kappa shape index (κ1) is 13.0. The Kier molecular flexibility index (Phi) is 4.70. The predicted molar refractivity (Wildman–Crippen MR) is 71.2 cm³/mol. The average molecular weight is 247 g/mol. The van der Waals surface area contributed by atoms with Gasteiger partial charge < -0.3 is 10.2 Å². The van der Waals surface area contributed by atoms with Gasteiger partial charge in [0.1, 0.15) is 0 Å². The second kappa shape index (κ2) is 6.50. The van der Waals surface area contributed by atoms with Gasteiger partial charge in [0.25, 0.3) is 0 Å². The molecule has 98 valence electrons. The van der Waals surface area contributed by atoms with Crippen molar-refractivity contribution in [3.63, 3.8) is 0 Å². The van der Waals surface area contributed by atoms with E-state index < -0.39 is 0 Å². The molecule has 4 nitrogen and oxygen atoms in total. The number of carbonyl (C=O) groups is 1. The van der Waals surface area contributed by atoms with Gasteiger partial charge in [0.15, 0.2) is 0 Å². The summed E-state index contributed by atoms with van der Waals surface area (Å²) in [5.41, 5.74) is 1.17. The van der Waals surface area contributed by atoms with Crippen molar-refractivity contribution < 1.29 is 4.79 Å². The van der Waals surface area contributed by atoms with Crippen molar-refractivity contribution in [2.45, 2.75) is 31.7 Å². The number of pyridine rings is 1. The number of aryl methyl sites for hydroxylation is 1. The molecule has 1 fully saturated rings. The molecule has 0 spiro atoms. The van der Waals surface area contributed by atoms with Crippen molar-refractivity contribution >= 4 is 5.91 Å². The molecular weight excluding hydrogens is 226 g/mol. The normalized spacial score (nSPS) is 18.8. The maximum atomic E-state index is 12.0. The number of amides is 1. The molecule has 18 heavy (non-hydrogen) atoms. The molecule has 2 heterocycles. The smallest absolute Gasteiger partial charge is 0.222 e. The molecule has 1 amide bonds. The van der Waals surface area contributed by atoms with E-state index >= 15 is 0 Å². The predicted octanol–water partition coefficient (Wildman–Crippen LogP) is 1.22. The highest BCUT2D eigenvalue weighted by atomic mass is 16.2. The highest BCUT2D eigenvalue weighted by Gasteiger charge is 2.18. The van der Waals surface area contributed by atoms with E-state index in [4.69, 9.17) is 0 Å². The van der Waals surface area contributed by atoms with Gasteiger partial charge in [-0.2, -0.15) is 0 Å². The van der Waals surface area contributed by atoms with Crippen LogP contribution in [0.3, 0.4) is 0 Å². The molecule has 0 aliphatic carbocycles. The quantitative estimate of drug-likeness (QED) is 0.851. The first-order valence-electron chi connectivity index (χ1n) is 6.62. The van der Waals surface area contributed by atoms with Crippen molar-refractivity contribution in [3.05, 3.63) is 30.1 Å². The SMILES string of the molecule is CN(CC1CCCN1)C(=O)CCc1ccncc1. The maximum Gasteiger partial charge on any atom is 0.222 e. The fourth-order valence-corrected chi connectivity index (χ4v) is 2.34. The van der Waals surface area contributed by atoms with Gasteiger partial charge in [-0.1, -0.05) is 0 Å². The van der Waals surface area contributed by atoms with E-state index in [-0.39, 0.29) is 5.91 Å². The lowest BCUT2D eigenvalue weighted by Crippen LogP contribution is -2.38. The average Bonchev–Trinajstić information content (AvgIpc) is 2.90. The Bertz CT molecular complexity index is 374. The molecule has 1 atom stereocenters. The minimum absolute atomic E-state index is 0.223. The monoisotopic (exact) mass is 247 g/mol. The Labute approximate surface area is 108 Å². The summed E-state index contributed by atoms with van der Waals surface area (Å²) in [6.07, 6.45) is 7.32. The van der Waals surface area contributed by atoms with E-state index in [1.807, 2.05) is 24.1 Å². The zero-order valence-corrected chi connectivity index (χ0v) is 10.9.